The third-order valence-electron chi connectivity index (χ3n) is 5.94. The van der Waals surface area contributed by atoms with Crippen molar-refractivity contribution in [2.45, 2.75) is 24.1 Å². The van der Waals surface area contributed by atoms with Gasteiger partial charge in [0.1, 0.15) is 16.8 Å². The van der Waals surface area contributed by atoms with Gasteiger partial charge in [0.25, 0.3) is 5.91 Å². The highest BCUT2D eigenvalue weighted by Gasteiger charge is 2.39. The maximum atomic E-state index is 13.5. The maximum Gasteiger partial charge on any atom is 0.262 e. The zero-order valence-electron chi connectivity index (χ0n) is 19.4. The number of hydrogen-bond donors (Lipinski definition) is 1. The summed E-state index contributed by atoms with van der Waals surface area (Å²) in [5.74, 6) is -0.210. The third-order valence-corrected chi connectivity index (χ3v) is 7.08. The number of methoxy groups -OCH3 is 1. The number of para-hydroxylation sites is 1. The van der Waals surface area contributed by atoms with Gasteiger partial charge >= 0.3 is 0 Å². The molecule has 7 nitrogen and oxygen atoms in total. The molecule has 2 aliphatic rings. The van der Waals surface area contributed by atoms with Crippen molar-refractivity contribution in [2.75, 3.05) is 12.4 Å². The second-order valence-corrected chi connectivity index (χ2v) is 9.52. The number of hydrogen-bond acceptors (Lipinski definition) is 6. The van der Waals surface area contributed by atoms with Crippen molar-refractivity contribution in [3.63, 3.8) is 0 Å². The van der Waals surface area contributed by atoms with E-state index in [2.05, 4.69) is 10.3 Å². The Kier molecular flexibility index (Phi) is 6.81. The molecule has 0 saturated heterocycles. The number of aliphatic imine (C=N–C) groups is 1. The number of amides is 2. The third kappa shape index (κ3) is 5.16. The Labute approximate surface area is 212 Å². The number of nitrogens with one attached hydrogen (secondary N) is 1. The molecular formula is C27H23FN4O3S. The molecule has 2 heterocycles. The van der Waals surface area contributed by atoms with Gasteiger partial charge in [-0.2, -0.15) is 10.1 Å². The molecule has 9 heteroatoms. The lowest BCUT2D eigenvalue weighted by Crippen LogP contribution is -2.25. The SMILES string of the molecule is COc1ccc(C2CC(c3ccc(F)cc3)=NN2C2=NC(=O)C(CC(=O)Nc3ccccc3)S2)cc1. The molecular weight excluding hydrogens is 479 g/mol. The second kappa shape index (κ2) is 10.3. The number of halogens is 1. The number of carbonyl (C=O) groups is 2. The predicted octanol–water partition coefficient (Wildman–Crippen LogP) is 5.01. The Hall–Kier alpha value is -3.98. The molecule has 0 aliphatic carbocycles. The summed E-state index contributed by atoms with van der Waals surface area (Å²) < 4.78 is 18.8. The molecule has 0 aromatic heterocycles. The Bertz CT molecular complexity index is 1330. The molecule has 0 radical (unpaired) electrons. The topological polar surface area (TPSA) is 83.4 Å². The van der Waals surface area contributed by atoms with Crippen molar-refractivity contribution in [3.05, 3.63) is 95.8 Å². The normalized spacial score (nSPS) is 19.2. The fourth-order valence-electron chi connectivity index (χ4n) is 4.10. The van der Waals surface area contributed by atoms with E-state index in [-0.39, 0.29) is 30.1 Å². The Morgan fingerprint density at radius 3 is 2.50 bits per heavy atom. The predicted molar refractivity (Wildman–Crippen MR) is 139 cm³/mol. The molecule has 2 amide bonds. The fraction of sp³-hybridized carbons (Fsp3) is 0.185. The van der Waals surface area contributed by atoms with Crippen LogP contribution in [0.5, 0.6) is 5.75 Å². The standard InChI is InChI=1S/C27H23FN4O3S/c1-35-21-13-9-18(10-14-21)23-15-22(17-7-11-19(28)12-8-17)31-32(23)27-30-26(34)24(36-27)16-25(33)29-20-5-3-2-4-6-20/h2-14,23-24H,15-16H2,1H3,(H,29,33). The minimum atomic E-state index is -0.634. The van der Waals surface area contributed by atoms with Gasteiger partial charge in [-0.1, -0.05) is 54.2 Å². The summed E-state index contributed by atoms with van der Waals surface area (Å²) in [5, 5.41) is 9.13. The van der Waals surface area contributed by atoms with E-state index in [1.54, 1.807) is 36.4 Å². The molecule has 0 saturated carbocycles. The number of anilines is 1. The lowest BCUT2D eigenvalue weighted by molar-refractivity contribution is -0.121. The Morgan fingerprint density at radius 1 is 1.08 bits per heavy atom. The number of amidine groups is 1. The molecule has 0 fully saturated rings. The average Bonchev–Trinajstić information content (AvgIpc) is 3.49. The monoisotopic (exact) mass is 502 g/mol. The fourth-order valence-corrected chi connectivity index (χ4v) is 5.16. The number of nitrogens with zero attached hydrogens (tertiary/aromatic N) is 3. The van der Waals surface area contributed by atoms with Gasteiger partial charge in [-0.15, -0.1) is 0 Å². The van der Waals surface area contributed by atoms with Crippen LogP contribution in [0, 0.1) is 5.82 Å². The van der Waals surface area contributed by atoms with E-state index in [0.29, 0.717) is 17.3 Å². The maximum absolute atomic E-state index is 13.5. The smallest absolute Gasteiger partial charge is 0.262 e. The van der Waals surface area contributed by atoms with Crippen molar-refractivity contribution < 1.29 is 18.7 Å². The van der Waals surface area contributed by atoms with Gasteiger partial charge in [0.05, 0.1) is 18.9 Å². The van der Waals surface area contributed by atoms with E-state index in [4.69, 9.17) is 9.84 Å². The van der Waals surface area contributed by atoms with E-state index in [9.17, 15) is 14.0 Å². The minimum absolute atomic E-state index is 0.000963. The second-order valence-electron chi connectivity index (χ2n) is 8.35. The molecule has 0 bridgehead atoms. The van der Waals surface area contributed by atoms with Gasteiger partial charge in [0, 0.05) is 18.5 Å². The first-order valence-corrected chi connectivity index (χ1v) is 12.3. The van der Waals surface area contributed by atoms with E-state index >= 15 is 0 Å². The van der Waals surface area contributed by atoms with Gasteiger partial charge in [-0.05, 0) is 47.5 Å². The highest BCUT2D eigenvalue weighted by atomic mass is 32.2. The van der Waals surface area contributed by atoms with Crippen LogP contribution in [0.4, 0.5) is 10.1 Å². The molecule has 0 spiro atoms. The van der Waals surface area contributed by atoms with Crippen LogP contribution >= 0.6 is 11.8 Å². The van der Waals surface area contributed by atoms with E-state index in [1.807, 2.05) is 42.5 Å². The number of rotatable bonds is 6. The number of hydrazone groups is 1. The molecule has 3 aromatic carbocycles. The molecule has 5 rings (SSSR count). The summed E-state index contributed by atoms with van der Waals surface area (Å²) in [4.78, 5) is 29.5. The van der Waals surface area contributed by atoms with Crippen molar-refractivity contribution in [3.8, 4) is 5.75 Å². The molecule has 2 unspecified atom stereocenters. The summed E-state index contributed by atoms with van der Waals surface area (Å²) in [7, 11) is 1.61. The minimum Gasteiger partial charge on any atom is -0.497 e. The molecule has 3 aromatic rings. The summed E-state index contributed by atoms with van der Waals surface area (Å²) in [6.07, 6.45) is 0.547. The molecule has 36 heavy (non-hydrogen) atoms. The number of ether oxygens (including phenoxy) is 1. The van der Waals surface area contributed by atoms with Crippen LogP contribution in [0.2, 0.25) is 0 Å². The number of benzene rings is 3. The van der Waals surface area contributed by atoms with Crippen molar-refractivity contribution in [1.82, 2.24) is 5.01 Å². The summed E-state index contributed by atoms with van der Waals surface area (Å²) in [5.41, 5.74) is 3.20. The quantitative estimate of drug-likeness (QED) is 0.512. The van der Waals surface area contributed by atoms with Crippen LogP contribution in [-0.4, -0.2) is 40.1 Å². The lowest BCUT2D eigenvalue weighted by Gasteiger charge is -2.23. The van der Waals surface area contributed by atoms with Crippen molar-refractivity contribution >= 4 is 40.1 Å². The van der Waals surface area contributed by atoms with Crippen LogP contribution in [-0.2, 0) is 9.59 Å². The first-order valence-electron chi connectivity index (χ1n) is 11.4. The largest absolute Gasteiger partial charge is 0.497 e. The van der Waals surface area contributed by atoms with Crippen LogP contribution in [0.15, 0.2) is 89.0 Å². The first kappa shape index (κ1) is 23.7. The highest BCUT2D eigenvalue weighted by Crippen LogP contribution is 2.39. The van der Waals surface area contributed by atoms with Gasteiger partial charge in [-0.25, -0.2) is 9.40 Å². The zero-order valence-corrected chi connectivity index (χ0v) is 20.2. The van der Waals surface area contributed by atoms with Gasteiger partial charge in [0.15, 0.2) is 5.17 Å². The number of carbonyl (C=O) groups excluding carboxylic acids is 2. The lowest BCUT2D eigenvalue weighted by atomic mass is 9.98. The van der Waals surface area contributed by atoms with Crippen LogP contribution < -0.4 is 10.1 Å². The summed E-state index contributed by atoms with van der Waals surface area (Å²) >= 11 is 1.23. The molecule has 1 N–H and O–H groups in total. The molecule has 182 valence electrons. The van der Waals surface area contributed by atoms with E-state index in [0.717, 1.165) is 22.6 Å². The van der Waals surface area contributed by atoms with Crippen LogP contribution in [0.25, 0.3) is 0 Å². The Balaban J connectivity index is 1.36. The number of thioether (sulfide) groups is 1. The summed E-state index contributed by atoms with van der Waals surface area (Å²) in [6.45, 7) is 0. The molecule has 2 aliphatic heterocycles. The van der Waals surface area contributed by atoms with Crippen molar-refractivity contribution in [2.24, 2.45) is 10.1 Å². The van der Waals surface area contributed by atoms with E-state index in [1.165, 1.54) is 23.9 Å². The van der Waals surface area contributed by atoms with Crippen LogP contribution in [0.3, 0.4) is 0 Å². The summed E-state index contributed by atoms with van der Waals surface area (Å²) in [6, 6.07) is 22.7. The van der Waals surface area contributed by atoms with Gasteiger partial charge in [0.2, 0.25) is 5.91 Å². The Morgan fingerprint density at radius 2 is 1.81 bits per heavy atom. The highest BCUT2D eigenvalue weighted by molar-refractivity contribution is 8.15. The molecule has 2 atom stereocenters. The van der Waals surface area contributed by atoms with Crippen LogP contribution in [0.1, 0.15) is 30.0 Å². The zero-order chi connectivity index (χ0) is 25.1. The van der Waals surface area contributed by atoms with Gasteiger partial charge < -0.3 is 10.1 Å². The average molecular weight is 503 g/mol. The van der Waals surface area contributed by atoms with E-state index < -0.39 is 5.25 Å². The first-order chi connectivity index (χ1) is 17.5. The van der Waals surface area contributed by atoms with Gasteiger partial charge in [-0.3, -0.25) is 9.59 Å². The van der Waals surface area contributed by atoms with Crippen molar-refractivity contribution in [1.29, 1.82) is 0 Å².